The summed E-state index contributed by atoms with van der Waals surface area (Å²) in [6.45, 7) is 7.14. The summed E-state index contributed by atoms with van der Waals surface area (Å²) in [6.07, 6.45) is 7.51. The minimum atomic E-state index is 0.150. The molecule has 1 saturated heterocycles. The lowest BCUT2D eigenvalue weighted by Gasteiger charge is -2.34. The van der Waals surface area contributed by atoms with E-state index in [-0.39, 0.29) is 6.23 Å². The first kappa shape index (κ1) is 16.5. The third-order valence-electron chi connectivity index (χ3n) is 4.12. The SMILES string of the molecule is C=C(/C(C=NC)=C/C)c1ccccc1N(C)C1CCCCO1. The maximum atomic E-state index is 5.92. The smallest absolute Gasteiger partial charge is 0.129 e. The van der Waals surface area contributed by atoms with Crippen molar-refractivity contribution in [2.24, 2.45) is 4.99 Å². The topological polar surface area (TPSA) is 24.8 Å². The summed E-state index contributed by atoms with van der Waals surface area (Å²) in [4.78, 5) is 6.36. The second-order valence-electron chi connectivity index (χ2n) is 5.56. The molecule has 1 aliphatic rings. The molecule has 3 nitrogen and oxygen atoms in total. The molecule has 1 aromatic carbocycles. The zero-order chi connectivity index (χ0) is 15.9. The van der Waals surface area contributed by atoms with Gasteiger partial charge in [-0.2, -0.15) is 0 Å². The van der Waals surface area contributed by atoms with Gasteiger partial charge < -0.3 is 9.64 Å². The van der Waals surface area contributed by atoms with Crippen LogP contribution in [0.25, 0.3) is 5.57 Å². The van der Waals surface area contributed by atoms with Crippen molar-refractivity contribution in [1.82, 2.24) is 0 Å². The van der Waals surface area contributed by atoms with Gasteiger partial charge in [-0.05, 0) is 43.4 Å². The van der Waals surface area contributed by atoms with Crippen LogP contribution in [0.2, 0.25) is 0 Å². The van der Waals surface area contributed by atoms with Gasteiger partial charge in [0.15, 0.2) is 0 Å². The number of allylic oxidation sites excluding steroid dienone is 3. The molecule has 22 heavy (non-hydrogen) atoms. The second kappa shape index (κ2) is 7.95. The van der Waals surface area contributed by atoms with Crippen LogP contribution in [0.3, 0.4) is 0 Å². The molecule has 0 radical (unpaired) electrons. The average molecular weight is 298 g/mol. The predicted molar refractivity (Wildman–Crippen MR) is 95.6 cm³/mol. The Labute approximate surface area is 134 Å². The molecule has 0 amide bonds. The molecule has 0 aromatic heterocycles. The van der Waals surface area contributed by atoms with E-state index in [1.54, 1.807) is 7.05 Å². The number of para-hydroxylation sites is 1. The molecular formula is C19H26N2O. The zero-order valence-electron chi connectivity index (χ0n) is 13.9. The first-order valence-corrected chi connectivity index (χ1v) is 7.90. The van der Waals surface area contributed by atoms with Gasteiger partial charge in [-0.15, -0.1) is 0 Å². The predicted octanol–water partition coefficient (Wildman–Crippen LogP) is 4.31. The second-order valence-corrected chi connectivity index (χ2v) is 5.56. The van der Waals surface area contributed by atoms with E-state index in [0.717, 1.165) is 41.8 Å². The van der Waals surface area contributed by atoms with Crippen LogP contribution in [-0.2, 0) is 4.74 Å². The first-order chi connectivity index (χ1) is 10.7. The number of hydrogen-bond acceptors (Lipinski definition) is 3. The van der Waals surface area contributed by atoms with Crippen molar-refractivity contribution in [2.45, 2.75) is 32.4 Å². The van der Waals surface area contributed by atoms with Crippen LogP contribution in [0.15, 0.2) is 47.5 Å². The average Bonchev–Trinajstić information content (AvgIpc) is 2.59. The zero-order valence-corrected chi connectivity index (χ0v) is 13.9. The fourth-order valence-electron chi connectivity index (χ4n) is 2.84. The lowest BCUT2D eigenvalue weighted by molar-refractivity contribution is 0.0174. The van der Waals surface area contributed by atoms with E-state index in [2.05, 4.69) is 47.8 Å². The number of nitrogens with zero attached hydrogens (tertiary/aromatic N) is 2. The Morgan fingerprint density at radius 3 is 2.77 bits per heavy atom. The van der Waals surface area contributed by atoms with Crippen LogP contribution in [0.5, 0.6) is 0 Å². The largest absolute Gasteiger partial charge is 0.358 e. The van der Waals surface area contributed by atoms with Crippen molar-refractivity contribution >= 4 is 17.5 Å². The summed E-state index contributed by atoms with van der Waals surface area (Å²) in [5, 5.41) is 0. The Morgan fingerprint density at radius 2 is 2.14 bits per heavy atom. The molecule has 1 aliphatic heterocycles. The molecule has 1 heterocycles. The molecule has 0 N–H and O–H groups in total. The number of anilines is 1. The minimum absolute atomic E-state index is 0.150. The van der Waals surface area contributed by atoms with E-state index in [0.29, 0.717) is 0 Å². The van der Waals surface area contributed by atoms with Gasteiger partial charge in [0.05, 0.1) is 0 Å². The Bertz CT molecular complexity index is 569. The summed E-state index contributed by atoms with van der Waals surface area (Å²) in [5.41, 5.74) is 4.33. The van der Waals surface area contributed by atoms with E-state index in [9.17, 15) is 0 Å². The van der Waals surface area contributed by atoms with Crippen LogP contribution >= 0.6 is 0 Å². The highest BCUT2D eigenvalue weighted by Crippen LogP contribution is 2.32. The van der Waals surface area contributed by atoms with Crippen LogP contribution in [0.1, 0.15) is 31.7 Å². The molecule has 3 heteroatoms. The molecular weight excluding hydrogens is 272 g/mol. The van der Waals surface area contributed by atoms with Gasteiger partial charge in [0.1, 0.15) is 6.23 Å². The Kier molecular flexibility index (Phi) is 5.96. The molecule has 0 spiro atoms. The van der Waals surface area contributed by atoms with Crippen molar-refractivity contribution in [2.75, 3.05) is 25.6 Å². The van der Waals surface area contributed by atoms with Crippen LogP contribution in [0.4, 0.5) is 5.69 Å². The lowest BCUT2D eigenvalue weighted by atomic mass is 9.97. The third-order valence-corrected chi connectivity index (χ3v) is 4.12. The molecule has 0 saturated carbocycles. The highest BCUT2D eigenvalue weighted by atomic mass is 16.5. The van der Waals surface area contributed by atoms with E-state index < -0.39 is 0 Å². The molecule has 0 aliphatic carbocycles. The standard InChI is InChI=1S/C19H26N2O/c1-5-16(14-20-3)15(2)17-10-6-7-11-18(17)21(4)19-12-8-9-13-22-19/h5-7,10-11,14,19H,2,8-9,12-13H2,1,3-4H3/b16-5+,20-14?. The Hall–Kier alpha value is -1.87. The van der Waals surface area contributed by atoms with E-state index in [4.69, 9.17) is 4.74 Å². The highest BCUT2D eigenvalue weighted by molar-refractivity contribution is 6.02. The molecule has 1 fully saturated rings. The molecule has 1 atom stereocenters. The Balaban J connectivity index is 2.31. The Morgan fingerprint density at radius 1 is 1.36 bits per heavy atom. The number of rotatable bonds is 5. The number of aliphatic imine (C=N–C) groups is 1. The minimum Gasteiger partial charge on any atom is -0.358 e. The maximum absolute atomic E-state index is 5.92. The third kappa shape index (κ3) is 3.66. The van der Waals surface area contributed by atoms with Gasteiger partial charge in [-0.3, -0.25) is 4.99 Å². The molecule has 118 valence electrons. The summed E-state index contributed by atoms with van der Waals surface area (Å²) >= 11 is 0. The molecule has 1 aromatic rings. The van der Waals surface area contributed by atoms with Gasteiger partial charge in [-0.25, -0.2) is 0 Å². The van der Waals surface area contributed by atoms with Crippen LogP contribution in [-0.4, -0.2) is 33.1 Å². The van der Waals surface area contributed by atoms with Crippen molar-refractivity contribution in [3.05, 3.63) is 48.1 Å². The number of benzene rings is 1. The fraction of sp³-hybridized carbons (Fsp3) is 0.421. The summed E-state index contributed by atoms with van der Waals surface area (Å²) in [5.74, 6) is 0. The van der Waals surface area contributed by atoms with Crippen LogP contribution < -0.4 is 4.90 Å². The van der Waals surface area contributed by atoms with Gasteiger partial charge >= 0.3 is 0 Å². The van der Waals surface area contributed by atoms with Crippen molar-refractivity contribution < 1.29 is 4.74 Å². The van der Waals surface area contributed by atoms with Crippen molar-refractivity contribution in [3.63, 3.8) is 0 Å². The van der Waals surface area contributed by atoms with E-state index in [1.165, 1.54) is 6.42 Å². The first-order valence-electron chi connectivity index (χ1n) is 7.90. The van der Waals surface area contributed by atoms with Gasteiger partial charge in [0.2, 0.25) is 0 Å². The van der Waals surface area contributed by atoms with Crippen molar-refractivity contribution in [3.8, 4) is 0 Å². The number of ether oxygens (including phenoxy) is 1. The monoisotopic (exact) mass is 298 g/mol. The lowest BCUT2D eigenvalue weighted by Crippen LogP contribution is -2.37. The maximum Gasteiger partial charge on any atom is 0.129 e. The summed E-state index contributed by atoms with van der Waals surface area (Å²) < 4.78 is 5.92. The van der Waals surface area contributed by atoms with Crippen LogP contribution in [0, 0.1) is 0 Å². The van der Waals surface area contributed by atoms with Crippen molar-refractivity contribution in [1.29, 1.82) is 0 Å². The quantitative estimate of drug-likeness (QED) is 0.598. The number of hydrogen-bond donors (Lipinski definition) is 0. The molecule has 1 unspecified atom stereocenters. The summed E-state index contributed by atoms with van der Waals surface area (Å²) in [6, 6.07) is 8.36. The van der Waals surface area contributed by atoms with Gasteiger partial charge in [-0.1, -0.05) is 30.9 Å². The highest BCUT2D eigenvalue weighted by Gasteiger charge is 2.21. The normalized spacial score (nSPS) is 19.4. The van der Waals surface area contributed by atoms with Gasteiger partial charge in [0, 0.05) is 38.2 Å². The van der Waals surface area contributed by atoms with E-state index in [1.807, 2.05) is 19.2 Å². The van der Waals surface area contributed by atoms with E-state index >= 15 is 0 Å². The van der Waals surface area contributed by atoms with Gasteiger partial charge in [0.25, 0.3) is 0 Å². The fourth-order valence-corrected chi connectivity index (χ4v) is 2.84. The summed E-state index contributed by atoms with van der Waals surface area (Å²) in [7, 11) is 3.88. The molecule has 0 bridgehead atoms. The molecule has 2 rings (SSSR count).